The van der Waals surface area contributed by atoms with Crippen LogP contribution in [0.3, 0.4) is 0 Å². The van der Waals surface area contributed by atoms with Crippen LogP contribution < -0.4 is 5.32 Å². The number of benzene rings is 3. The summed E-state index contributed by atoms with van der Waals surface area (Å²) in [5.74, 6) is 0.556. The molecule has 1 saturated heterocycles. The zero-order valence-corrected chi connectivity index (χ0v) is 20.7. The number of esters is 1. The third-order valence-corrected chi connectivity index (χ3v) is 7.67. The Hall–Kier alpha value is -3.84. The topological polar surface area (TPSA) is 73.2 Å². The van der Waals surface area contributed by atoms with E-state index >= 15 is 0 Å². The molecular weight excluding hydrogens is 469 g/mol. The highest BCUT2D eigenvalue weighted by Crippen LogP contribution is 2.42. The number of halogens is 1. The van der Waals surface area contributed by atoms with E-state index < -0.39 is 11.4 Å². The molecule has 3 aromatic carbocycles. The molecule has 1 aromatic heterocycles. The second-order valence-electron chi connectivity index (χ2n) is 10.1. The van der Waals surface area contributed by atoms with Crippen molar-refractivity contribution in [1.29, 1.82) is 0 Å². The van der Waals surface area contributed by atoms with Crippen LogP contribution in [0.15, 0.2) is 66.7 Å². The summed E-state index contributed by atoms with van der Waals surface area (Å²) in [5, 5.41) is 3.41. The van der Waals surface area contributed by atoms with Gasteiger partial charge in [-0.25, -0.2) is 14.2 Å². The molecule has 1 atom stereocenters. The van der Waals surface area contributed by atoms with Crippen LogP contribution in [0.4, 0.5) is 4.39 Å². The fourth-order valence-corrected chi connectivity index (χ4v) is 5.45. The number of carbonyl (C=O) groups is 2. The van der Waals surface area contributed by atoms with Crippen LogP contribution in [0.5, 0.6) is 0 Å². The summed E-state index contributed by atoms with van der Waals surface area (Å²) in [7, 11) is 1.37. The predicted molar refractivity (Wildman–Crippen MR) is 140 cm³/mol. The quantitative estimate of drug-likeness (QED) is 0.353. The molecular formula is C30H28FN3O3. The molecule has 37 heavy (non-hydrogen) atoms. The largest absolute Gasteiger partial charge is 0.465 e. The fourth-order valence-electron chi connectivity index (χ4n) is 5.45. The Morgan fingerprint density at radius 3 is 2.32 bits per heavy atom. The predicted octanol–water partition coefficient (Wildman–Crippen LogP) is 5.25. The number of nitrogens with one attached hydrogen (secondary N) is 1. The number of imidazole rings is 1. The van der Waals surface area contributed by atoms with Crippen LogP contribution in [0, 0.1) is 17.2 Å². The normalized spacial score (nSPS) is 19.3. The van der Waals surface area contributed by atoms with Crippen LogP contribution in [0.1, 0.15) is 29.6 Å². The molecule has 6 nitrogen and oxygen atoms in total. The number of hydrogen-bond donors (Lipinski definition) is 1. The third-order valence-electron chi connectivity index (χ3n) is 7.67. The SMILES string of the molecule is COC(=O)c1ccc2nc(-c3ccc(-c4ccc(F)cc4)cc3)n(C[C@]3(C(=O)C4CC4)CCNC3)c2c1. The van der Waals surface area contributed by atoms with Gasteiger partial charge in [0, 0.05) is 24.6 Å². The number of methoxy groups -OCH3 is 1. The van der Waals surface area contributed by atoms with Gasteiger partial charge in [-0.3, -0.25) is 4.79 Å². The van der Waals surface area contributed by atoms with Gasteiger partial charge in [0.15, 0.2) is 0 Å². The molecule has 1 aliphatic heterocycles. The van der Waals surface area contributed by atoms with Gasteiger partial charge in [-0.1, -0.05) is 36.4 Å². The van der Waals surface area contributed by atoms with E-state index in [0.29, 0.717) is 24.4 Å². The maximum atomic E-state index is 13.5. The molecule has 0 radical (unpaired) electrons. The molecule has 188 valence electrons. The van der Waals surface area contributed by atoms with Gasteiger partial charge in [-0.05, 0) is 67.3 Å². The van der Waals surface area contributed by atoms with Gasteiger partial charge in [0.2, 0.25) is 0 Å². The number of rotatable bonds is 7. The Labute approximate surface area is 214 Å². The van der Waals surface area contributed by atoms with Gasteiger partial charge in [0.1, 0.15) is 17.4 Å². The lowest BCUT2D eigenvalue weighted by Crippen LogP contribution is -2.39. The fraction of sp³-hybridized carbons (Fsp3) is 0.300. The highest BCUT2D eigenvalue weighted by Gasteiger charge is 2.48. The molecule has 1 N–H and O–H groups in total. The first-order valence-corrected chi connectivity index (χ1v) is 12.7. The summed E-state index contributed by atoms with van der Waals surface area (Å²) in [4.78, 5) is 30.8. The van der Waals surface area contributed by atoms with E-state index in [1.165, 1.54) is 19.2 Å². The number of hydrogen-bond acceptors (Lipinski definition) is 5. The summed E-state index contributed by atoms with van der Waals surface area (Å²) in [6.07, 6.45) is 2.71. The number of Topliss-reactive ketones (excluding diaryl/α,β-unsaturated/α-hetero) is 1. The Kier molecular flexibility index (Phi) is 5.88. The Bertz CT molecular complexity index is 1480. The summed E-state index contributed by atoms with van der Waals surface area (Å²) in [5.41, 5.74) is 4.30. The van der Waals surface area contributed by atoms with E-state index in [-0.39, 0.29) is 11.7 Å². The minimum Gasteiger partial charge on any atom is -0.465 e. The van der Waals surface area contributed by atoms with Crippen molar-refractivity contribution in [3.05, 3.63) is 78.1 Å². The highest BCUT2D eigenvalue weighted by atomic mass is 19.1. The molecule has 1 aliphatic carbocycles. The van der Waals surface area contributed by atoms with E-state index in [1.807, 2.05) is 36.4 Å². The van der Waals surface area contributed by atoms with E-state index in [9.17, 15) is 14.0 Å². The van der Waals surface area contributed by atoms with Crippen molar-refractivity contribution in [2.75, 3.05) is 20.2 Å². The van der Waals surface area contributed by atoms with E-state index in [2.05, 4.69) is 9.88 Å². The van der Waals surface area contributed by atoms with E-state index in [1.54, 1.807) is 18.2 Å². The van der Waals surface area contributed by atoms with Crippen molar-refractivity contribution >= 4 is 22.8 Å². The molecule has 0 bridgehead atoms. The molecule has 0 spiro atoms. The molecule has 2 aliphatic rings. The minimum absolute atomic E-state index is 0.152. The summed E-state index contributed by atoms with van der Waals surface area (Å²) in [6, 6.07) is 19.8. The van der Waals surface area contributed by atoms with Crippen molar-refractivity contribution in [3.63, 3.8) is 0 Å². The number of fused-ring (bicyclic) bond motifs is 1. The third kappa shape index (κ3) is 4.33. The second kappa shape index (κ2) is 9.23. The van der Waals surface area contributed by atoms with Crippen molar-refractivity contribution in [3.8, 4) is 22.5 Å². The van der Waals surface area contributed by atoms with Crippen LogP contribution >= 0.6 is 0 Å². The average molecular weight is 498 g/mol. The number of nitrogens with zero attached hydrogens (tertiary/aromatic N) is 2. The summed E-state index contributed by atoms with van der Waals surface area (Å²) in [6.45, 7) is 1.94. The van der Waals surface area contributed by atoms with Crippen LogP contribution in [0.2, 0.25) is 0 Å². The number of aromatic nitrogens is 2. The summed E-state index contributed by atoms with van der Waals surface area (Å²) < 4.78 is 20.4. The standard InChI is InChI=1S/C30H28FN3O3/c1-37-29(36)23-10-13-25-26(16-23)34(18-30(14-15-32-17-30)27(35)21-4-5-21)28(33-25)22-6-2-19(3-7-22)20-8-11-24(31)12-9-20/h2-3,6-13,16,21,32H,4-5,14-15,17-18H2,1H3/t30-/m0/s1. The first-order chi connectivity index (χ1) is 18.0. The molecule has 0 amide bonds. The van der Waals surface area contributed by atoms with Gasteiger partial charge in [0.25, 0.3) is 0 Å². The second-order valence-corrected chi connectivity index (χ2v) is 10.1. The average Bonchev–Trinajstić information content (AvgIpc) is 3.57. The van der Waals surface area contributed by atoms with Gasteiger partial charge in [-0.2, -0.15) is 0 Å². The smallest absolute Gasteiger partial charge is 0.337 e. The number of carbonyl (C=O) groups excluding carboxylic acids is 2. The number of ether oxygens (including phenoxy) is 1. The van der Waals surface area contributed by atoms with Crippen molar-refractivity contribution in [2.45, 2.75) is 25.8 Å². The molecule has 1 saturated carbocycles. The lowest BCUT2D eigenvalue weighted by atomic mass is 9.80. The first kappa shape index (κ1) is 23.6. The first-order valence-electron chi connectivity index (χ1n) is 12.7. The van der Waals surface area contributed by atoms with Crippen LogP contribution in [0.25, 0.3) is 33.5 Å². The monoisotopic (exact) mass is 497 g/mol. The molecule has 2 heterocycles. The maximum Gasteiger partial charge on any atom is 0.337 e. The minimum atomic E-state index is -0.501. The van der Waals surface area contributed by atoms with Crippen molar-refractivity contribution in [1.82, 2.24) is 14.9 Å². The van der Waals surface area contributed by atoms with Gasteiger partial charge in [0.05, 0.1) is 29.1 Å². The van der Waals surface area contributed by atoms with Gasteiger partial charge >= 0.3 is 5.97 Å². The lowest BCUT2D eigenvalue weighted by molar-refractivity contribution is -0.129. The van der Waals surface area contributed by atoms with Gasteiger partial charge in [-0.15, -0.1) is 0 Å². The molecule has 4 aromatic rings. The van der Waals surface area contributed by atoms with Gasteiger partial charge < -0.3 is 14.6 Å². The zero-order chi connectivity index (χ0) is 25.6. The van der Waals surface area contributed by atoms with Crippen LogP contribution in [-0.2, 0) is 16.1 Å². The Morgan fingerprint density at radius 1 is 1.03 bits per heavy atom. The Morgan fingerprint density at radius 2 is 1.70 bits per heavy atom. The van der Waals surface area contributed by atoms with E-state index in [4.69, 9.17) is 9.72 Å². The van der Waals surface area contributed by atoms with Crippen molar-refractivity contribution < 1.29 is 18.7 Å². The Balaban J connectivity index is 1.46. The van der Waals surface area contributed by atoms with Crippen LogP contribution in [-0.4, -0.2) is 41.5 Å². The van der Waals surface area contributed by atoms with E-state index in [0.717, 1.165) is 59.4 Å². The molecule has 0 unspecified atom stereocenters. The van der Waals surface area contributed by atoms with Crippen molar-refractivity contribution in [2.24, 2.45) is 11.3 Å². The molecule has 6 rings (SSSR count). The highest BCUT2D eigenvalue weighted by molar-refractivity contribution is 5.95. The zero-order valence-electron chi connectivity index (χ0n) is 20.7. The molecule has 2 fully saturated rings. The maximum absolute atomic E-state index is 13.5. The molecule has 7 heteroatoms. The summed E-state index contributed by atoms with van der Waals surface area (Å²) >= 11 is 0. The lowest BCUT2D eigenvalue weighted by Gasteiger charge is -2.28. The number of ketones is 1.